The van der Waals surface area contributed by atoms with E-state index in [1.165, 1.54) is 28.0 Å². The molecule has 0 unspecified atom stereocenters. The molecule has 0 bridgehead atoms. The van der Waals surface area contributed by atoms with Crippen molar-refractivity contribution in [1.29, 1.82) is 0 Å². The van der Waals surface area contributed by atoms with Gasteiger partial charge in [0.05, 0.1) is 22.2 Å². The zero-order valence-electron chi connectivity index (χ0n) is 17.4. The third-order valence-electron chi connectivity index (χ3n) is 5.81. The Morgan fingerprint density at radius 2 is 1.64 bits per heavy atom. The lowest BCUT2D eigenvalue weighted by molar-refractivity contribution is -0.137. The molecule has 2 heterocycles. The molecule has 0 fully saturated rings. The molecule has 4 aromatic rings. The SMILES string of the molecule is O=c1c2cccc3c2n(c(=O)n1CCCCc1ccccc1)-c1cc(C(F)(F)F)ccc1S3. The van der Waals surface area contributed by atoms with Gasteiger partial charge in [0.25, 0.3) is 5.56 Å². The molecule has 168 valence electrons. The van der Waals surface area contributed by atoms with Crippen molar-refractivity contribution < 1.29 is 13.2 Å². The number of unbranched alkanes of at least 4 members (excludes halogenated alkanes) is 1. The van der Waals surface area contributed by atoms with Crippen molar-refractivity contribution in [2.24, 2.45) is 0 Å². The van der Waals surface area contributed by atoms with Crippen molar-refractivity contribution >= 4 is 22.7 Å². The first kappa shape index (κ1) is 21.6. The highest BCUT2D eigenvalue weighted by molar-refractivity contribution is 7.99. The Hall–Kier alpha value is -3.26. The van der Waals surface area contributed by atoms with Gasteiger partial charge < -0.3 is 0 Å². The van der Waals surface area contributed by atoms with E-state index in [0.29, 0.717) is 27.1 Å². The predicted molar refractivity (Wildman–Crippen MR) is 122 cm³/mol. The van der Waals surface area contributed by atoms with Gasteiger partial charge in [0.1, 0.15) is 0 Å². The van der Waals surface area contributed by atoms with Crippen LogP contribution in [-0.2, 0) is 19.1 Å². The lowest BCUT2D eigenvalue weighted by Crippen LogP contribution is -2.40. The summed E-state index contributed by atoms with van der Waals surface area (Å²) in [5, 5.41) is 0.325. The lowest BCUT2D eigenvalue weighted by Gasteiger charge is -2.23. The van der Waals surface area contributed by atoms with Crippen LogP contribution in [0.25, 0.3) is 16.6 Å². The topological polar surface area (TPSA) is 44.0 Å². The molecule has 0 atom stereocenters. The van der Waals surface area contributed by atoms with Gasteiger partial charge in [-0.2, -0.15) is 13.2 Å². The minimum Gasteiger partial charge on any atom is -0.268 e. The van der Waals surface area contributed by atoms with Gasteiger partial charge in [0, 0.05) is 16.3 Å². The quantitative estimate of drug-likeness (QED) is 0.313. The number of benzene rings is 3. The maximum absolute atomic E-state index is 13.4. The second-order valence-corrected chi connectivity index (χ2v) is 9.04. The third kappa shape index (κ3) is 3.88. The molecule has 0 saturated heterocycles. The minimum absolute atomic E-state index is 0.154. The van der Waals surface area contributed by atoms with Gasteiger partial charge in [0.15, 0.2) is 0 Å². The van der Waals surface area contributed by atoms with Crippen LogP contribution >= 0.6 is 11.8 Å². The first-order valence-electron chi connectivity index (χ1n) is 10.6. The molecule has 1 aromatic heterocycles. The Labute approximate surface area is 191 Å². The molecular weight excluding hydrogens is 449 g/mol. The number of aryl methyl sites for hydroxylation is 1. The molecular formula is C25H19F3N2O2S. The maximum Gasteiger partial charge on any atom is 0.416 e. The minimum atomic E-state index is -4.54. The molecule has 5 rings (SSSR count). The molecule has 0 aliphatic carbocycles. The molecule has 8 heteroatoms. The molecule has 0 radical (unpaired) electrons. The van der Waals surface area contributed by atoms with Crippen molar-refractivity contribution in [3.63, 3.8) is 0 Å². The summed E-state index contributed by atoms with van der Waals surface area (Å²) in [6, 6.07) is 18.4. The Bertz CT molecular complexity index is 1470. The maximum atomic E-state index is 13.4. The van der Waals surface area contributed by atoms with E-state index in [1.54, 1.807) is 18.2 Å². The van der Waals surface area contributed by atoms with Crippen molar-refractivity contribution in [2.45, 2.75) is 41.8 Å². The molecule has 3 aromatic carbocycles. The summed E-state index contributed by atoms with van der Waals surface area (Å²) in [7, 11) is 0. The number of hydrogen-bond acceptors (Lipinski definition) is 3. The van der Waals surface area contributed by atoms with Gasteiger partial charge in [-0.1, -0.05) is 48.2 Å². The van der Waals surface area contributed by atoms with Crippen LogP contribution in [0.2, 0.25) is 0 Å². The van der Waals surface area contributed by atoms with Crippen LogP contribution in [0.15, 0.2) is 86.1 Å². The number of hydrogen-bond donors (Lipinski definition) is 0. The average Bonchev–Trinajstić information content (AvgIpc) is 2.80. The predicted octanol–water partition coefficient (Wildman–Crippen LogP) is 5.66. The largest absolute Gasteiger partial charge is 0.416 e. The van der Waals surface area contributed by atoms with Crippen LogP contribution in [0.5, 0.6) is 0 Å². The van der Waals surface area contributed by atoms with Gasteiger partial charge in [-0.05, 0) is 55.2 Å². The summed E-state index contributed by atoms with van der Waals surface area (Å²) in [5.74, 6) is 0. The van der Waals surface area contributed by atoms with Crippen LogP contribution < -0.4 is 11.2 Å². The zero-order valence-corrected chi connectivity index (χ0v) is 18.2. The first-order chi connectivity index (χ1) is 15.8. The van der Waals surface area contributed by atoms with E-state index in [4.69, 9.17) is 0 Å². The lowest BCUT2D eigenvalue weighted by atomic mass is 10.1. The van der Waals surface area contributed by atoms with Crippen LogP contribution in [0, 0.1) is 0 Å². The van der Waals surface area contributed by atoms with Gasteiger partial charge >= 0.3 is 11.9 Å². The molecule has 1 aliphatic heterocycles. The van der Waals surface area contributed by atoms with E-state index in [1.807, 2.05) is 30.3 Å². The van der Waals surface area contributed by atoms with Crippen molar-refractivity contribution in [1.82, 2.24) is 9.13 Å². The summed E-state index contributed by atoms with van der Waals surface area (Å²) < 4.78 is 42.6. The highest BCUT2D eigenvalue weighted by Crippen LogP contribution is 2.43. The summed E-state index contributed by atoms with van der Waals surface area (Å²) in [4.78, 5) is 27.8. The average molecular weight is 469 g/mol. The van der Waals surface area contributed by atoms with E-state index in [0.717, 1.165) is 29.5 Å². The number of fused-ring (bicyclic) bond motifs is 2. The Kier molecular flexibility index (Phi) is 5.40. The van der Waals surface area contributed by atoms with Crippen molar-refractivity contribution in [3.05, 3.63) is 98.7 Å². The number of alkyl halides is 3. The molecule has 0 amide bonds. The van der Waals surface area contributed by atoms with Gasteiger partial charge in [-0.3, -0.25) is 13.9 Å². The molecule has 4 nitrogen and oxygen atoms in total. The van der Waals surface area contributed by atoms with Crippen molar-refractivity contribution in [2.75, 3.05) is 0 Å². The zero-order chi connectivity index (χ0) is 23.2. The van der Waals surface area contributed by atoms with E-state index in [9.17, 15) is 22.8 Å². The van der Waals surface area contributed by atoms with Gasteiger partial charge in [0.2, 0.25) is 0 Å². The molecule has 0 spiro atoms. The third-order valence-corrected chi connectivity index (χ3v) is 6.92. The van der Waals surface area contributed by atoms with Crippen LogP contribution in [0.4, 0.5) is 13.2 Å². The van der Waals surface area contributed by atoms with Crippen molar-refractivity contribution in [3.8, 4) is 5.69 Å². The van der Waals surface area contributed by atoms with E-state index < -0.39 is 23.0 Å². The molecule has 0 saturated carbocycles. The number of halogens is 3. The number of rotatable bonds is 5. The first-order valence-corrected chi connectivity index (χ1v) is 11.4. The second kappa shape index (κ2) is 8.26. The summed E-state index contributed by atoms with van der Waals surface area (Å²) in [6.45, 7) is 0.201. The standard InChI is InChI=1S/C25H19F3N2O2S/c26-25(27,28)17-12-13-20-19(15-17)30-22-18(10-6-11-21(22)33-20)23(31)29(24(30)32)14-5-4-9-16-7-2-1-3-8-16/h1-3,6-8,10-13,15H,4-5,9,14H2. The Morgan fingerprint density at radius 3 is 2.39 bits per heavy atom. The monoisotopic (exact) mass is 468 g/mol. The second-order valence-electron chi connectivity index (χ2n) is 7.95. The van der Waals surface area contributed by atoms with Crippen LogP contribution in [0.3, 0.4) is 0 Å². The fourth-order valence-electron chi connectivity index (χ4n) is 4.19. The Balaban J connectivity index is 1.59. The molecule has 0 N–H and O–H groups in total. The smallest absolute Gasteiger partial charge is 0.268 e. The van der Waals surface area contributed by atoms with E-state index in [-0.39, 0.29) is 12.2 Å². The van der Waals surface area contributed by atoms with Gasteiger partial charge in [-0.15, -0.1) is 0 Å². The van der Waals surface area contributed by atoms with Crippen LogP contribution in [0.1, 0.15) is 24.0 Å². The summed E-state index contributed by atoms with van der Waals surface area (Å²) in [6.07, 6.45) is -2.35. The highest BCUT2D eigenvalue weighted by Gasteiger charge is 2.33. The molecule has 1 aliphatic rings. The number of para-hydroxylation sites is 1. The fourth-order valence-corrected chi connectivity index (χ4v) is 5.27. The van der Waals surface area contributed by atoms with Gasteiger partial charge in [-0.25, -0.2) is 4.79 Å². The van der Waals surface area contributed by atoms with Crippen LogP contribution in [-0.4, -0.2) is 9.13 Å². The highest BCUT2D eigenvalue weighted by atomic mass is 32.2. The summed E-state index contributed by atoms with van der Waals surface area (Å²) in [5.41, 5.74) is -0.164. The van der Waals surface area contributed by atoms with E-state index >= 15 is 0 Å². The fraction of sp³-hybridized carbons (Fsp3) is 0.200. The molecule has 33 heavy (non-hydrogen) atoms. The number of aromatic nitrogens is 2. The summed E-state index contributed by atoms with van der Waals surface area (Å²) >= 11 is 1.26. The van der Waals surface area contributed by atoms with E-state index in [2.05, 4.69) is 0 Å². The number of nitrogens with zero attached hydrogens (tertiary/aromatic N) is 2. The normalized spacial score (nSPS) is 12.7. The Morgan fingerprint density at radius 1 is 0.848 bits per heavy atom.